The van der Waals surface area contributed by atoms with E-state index in [-0.39, 0.29) is 23.0 Å². The topological polar surface area (TPSA) is 74.6 Å². The van der Waals surface area contributed by atoms with Gasteiger partial charge in [0.05, 0.1) is 22.5 Å². The van der Waals surface area contributed by atoms with Crippen molar-refractivity contribution in [3.05, 3.63) is 53.5 Å². The third-order valence-corrected chi connectivity index (χ3v) is 10.8. The van der Waals surface area contributed by atoms with E-state index in [1.54, 1.807) is 5.41 Å². The highest BCUT2D eigenvalue weighted by Gasteiger charge is 2.66. The molecule has 0 amide bonds. The van der Waals surface area contributed by atoms with Gasteiger partial charge in [0.15, 0.2) is 5.78 Å². The van der Waals surface area contributed by atoms with Gasteiger partial charge in [-0.05, 0) is 80.4 Å². The van der Waals surface area contributed by atoms with Crippen LogP contribution in [0.2, 0.25) is 0 Å². The van der Waals surface area contributed by atoms with Gasteiger partial charge in [-0.2, -0.15) is 0 Å². The molecule has 1 aromatic carbocycles. The van der Waals surface area contributed by atoms with Crippen molar-refractivity contribution < 1.29 is 19.2 Å². The maximum Gasteiger partial charge on any atom is 0.162 e. The van der Waals surface area contributed by atoms with E-state index in [0.29, 0.717) is 25.2 Å². The molecule has 0 heterocycles. The van der Waals surface area contributed by atoms with Gasteiger partial charge < -0.3 is 10.2 Å². The number of carbonyl (C=O) groups is 1. The summed E-state index contributed by atoms with van der Waals surface area (Å²) in [6, 6.07) is 9.31. The fraction of sp³-hybridized carbons (Fsp3) is 0.593. The molecule has 5 heteroatoms. The molecule has 0 radical (unpaired) electrons. The molecule has 32 heavy (non-hydrogen) atoms. The van der Waals surface area contributed by atoms with Crippen molar-refractivity contribution in [2.24, 2.45) is 28.6 Å². The summed E-state index contributed by atoms with van der Waals surface area (Å²) >= 11 is 0. The molecule has 0 bridgehead atoms. The van der Waals surface area contributed by atoms with Gasteiger partial charge in [0.25, 0.3) is 0 Å². The molecule has 0 aliphatic heterocycles. The molecular weight excluding hydrogens is 420 g/mol. The SMILES string of the molecule is C[C@]12CC(C=CS(=O)c3ccccc3)C(=O)C=C1CC[C@@H]1[C@@H]2CC[C@]2(C)[C@@H](O)CC[C@@]12O. The van der Waals surface area contributed by atoms with E-state index in [0.717, 1.165) is 30.6 Å². The number of carbonyl (C=O) groups excluding carboxylic acids is 1. The Hall–Kier alpha value is -1.56. The van der Waals surface area contributed by atoms with E-state index in [4.69, 9.17) is 0 Å². The van der Waals surface area contributed by atoms with Gasteiger partial charge in [-0.3, -0.25) is 4.79 Å². The smallest absolute Gasteiger partial charge is 0.162 e. The van der Waals surface area contributed by atoms with Gasteiger partial charge in [0.1, 0.15) is 0 Å². The second-order valence-corrected chi connectivity index (χ2v) is 12.3. The molecule has 1 aromatic rings. The van der Waals surface area contributed by atoms with Gasteiger partial charge in [-0.25, -0.2) is 4.21 Å². The molecule has 0 aromatic heterocycles. The van der Waals surface area contributed by atoms with Crippen molar-refractivity contribution in [2.75, 3.05) is 0 Å². The lowest BCUT2D eigenvalue weighted by molar-refractivity contribution is -0.193. The average molecular weight is 455 g/mol. The number of aliphatic hydroxyl groups excluding tert-OH is 1. The zero-order valence-corrected chi connectivity index (χ0v) is 19.8. The van der Waals surface area contributed by atoms with Crippen LogP contribution in [0.4, 0.5) is 0 Å². The summed E-state index contributed by atoms with van der Waals surface area (Å²) < 4.78 is 12.7. The van der Waals surface area contributed by atoms with Crippen LogP contribution in [0.3, 0.4) is 0 Å². The first-order chi connectivity index (χ1) is 15.2. The minimum atomic E-state index is -1.27. The summed E-state index contributed by atoms with van der Waals surface area (Å²) in [6.45, 7) is 4.35. The molecule has 2 unspecified atom stereocenters. The standard InChI is InChI=1S/C27H34O4S/c1-25-17-18(12-15-32(31)20-6-4-3-5-7-20)23(28)16-19(25)8-9-22-21(25)10-13-26(2)24(29)11-14-27(22,26)30/h3-7,12,15-16,18,21-22,24,29-30H,8-11,13-14,17H2,1-2H3/t18?,21-,22+,24-,25-,26+,27+,32?/m0/s1. The van der Waals surface area contributed by atoms with E-state index >= 15 is 0 Å². The molecule has 4 nitrogen and oxygen atoms in total. The Labute approximate surface area is 193 Å². The fourth-order valence-corrected chi connectivity index (χ4v) is 8.50. The van der Waals surface area contributed by atoms with Crippen molar-refractivity contribution in [1.29, 1.82) is 0 Å². The third-order valence-electron chi connectivity index (χ3n) is 9.61. The van der Waals surface area contributed by atoms with E-state index in [2.05, 4.69) is 13.8 Å². The molecule has 2 N–H and O–H groups in total. The summed E-state index contributed by atoms with van der Waals surface area (Å²) in [4.78, 5) is 13.7. The van der Waals surface area contributed by atoms with Crippen molar-refractivity contribution in [1.82, 2.24) is 0 Å². The number of benzene rings is 1. The minimum absolute atomic E-state index is 0.105. The molecule has 0 saturated heterocycles. The summed E-state index contributed by atoms with van der Waals surface area (Å²) in [6.07, 6.45) is 8.81. The lowest BCUT2D eigenvalue weighted by atomic mass is 9.45. The number of ketones is 1. The van der Waals surface area contributed by atoms with Gasteiger partial charge in [0.2, 0.25) is 0 Å². The Bertz CT molecular complexity index is 1000. The minimum Gasteiger partial charge on any atom is -0.392 e. The number of allylic oxidation sites excluding steroid dienone is 2. The van der Waals surface area contributed by atoms with Crippen molar-refractivity contribution in [3.8, 4) is 0 Å². The van der Waals surface area contributed by atoms with Crippen LogP contribution in [-0.4, -0.2) is 31.9 Å². The van der Waals surface area contributed by atoms with Crippen molar-refractivity contribution >= 4 is 16.6 Å². The molecule has 0 spiro atoms. The molecule has 4 aliphatic rings. The first kappa shape index (κ1) is 22.2. The Morgan fingerprint density at radius 1 is 1.06 bits per heavy atom. The van der Waals surface area contributed by atoms with Gasteiger partial charge in [-0.15, -0.1) is 0 Å². The maximum absolute atomic E-state index is 12.9. The predicted molar refractivity (Wildman–Crippen MR) is 125 cm³/mol. The molecule has 3 saturated carbocycles. The lowest BCUT2D eigenvalue weighted by Crippen LogP contribution is -2.61. The van der Waals surface area contributed by atoms with Crippen LogP contribution in [0.15, 0.2) is 58.4 Å². The lowest BCUT2D eigenvalue weighted by Gasteiger charge is -2.61. The second kappa shape index (κ2) is 7.75. The van der Waals surface area contributed by atoms with Crippen LogP contribution in [0.25, 0.3) is 0 Å². The zero-order valence-electron chi connectivity index (χ0n) is 19.0. The largest absolute Gasteiger partial charge is 0.392 e. The Balaban J connectivity index is 1.42. The van der Waals surface area contributed by atoms with Crippen LogP contribution in [0, 0.1) is 28.6 Å². The van der Waals surface area contributed by atoms with Crippen LogP contribution < -0.4 is 0 Å². The predicted octanol–water partition coefficient (Wildman–Crippen LogP) is 4.54. The Kier molecular flexibility index (Phi) is 5.39. The summed E-state index contributed by atoms with van der Waals surface area (Å²) in [7, 11) is -1.27. The van der Waals surface area contributed by atoms with E-state index in [1.807, 2.05) is 42.5 Å². The number of hydrogen-bond donors (Lipinski definition) is 2. The summed E-state index contributed by atoms with van der Waals surface area (Å²) in [5, 5.41) is 24.2. The fourth-order valence-electron chi connectivity index (χ4n) is 7.59. The number of rotatable bonds is 3. The number of hydrogen-bond acceptors (Lipinski definition) is 4. The van der Waals surface area contributed by atoms with Gasteiger partial charge in [-0.1, -0.05) is 43.7 Å². The van der Waals surface area contributed by atoms with Gasteiger partial charge in [0, 0.05) is 21.6 Å². The summed E-state index contributed by atoms with van der Waals surface area (Å²) in [5.41, 5.74) is -0.179. The quantitative estimate of drug-likeness (QED) is 0.703. The highest BCUT2D eigenvalue weighted by atomic mass is 32.2. The average Bonchev–Trinajstić information content (AvgIpc) is 3.03. The number of fused-ring (bicyclic) bond motifs is 5. The Morgan fingerprint density at radius 3 is 2.56 bits per heavy atom. The maximum atomic E-state index is 12.9. The highest BCUT2D eigenvalue weighted by Crippen LogP contribution is 2.67. The Morgan fingerprint density at radius 2 is 1.81 bits per heavy atom. The molecule has 5 rings (SSSR count). The third kappa shape index (κ3) is 3.15. The van der Waals surface area contributed by atoms with E-state index in [1.165, 1.54) is 5.57 Å². The highest BCUT2D eigenvalue weighted by molar-refractivity contribution is 7.88. The molecule has 8 atom stereocenters. The van der Waals surface area contributed by atoms with Crippen LogP contribution in [-0.2, 0) is 15.6 Å². The normalized spacial score (nSPS) is 44.5. The van der Waals surface area contributed by atoms with E-state index in [9.17, 15) is 19.2 Å². The van der Waals surface area contributed by atoms with Gasteiger partial charge >= 0.3 is 0 Å². The molecular formula is C27H34O4S. The first-order valence-electron chi connectivity index (χ1n) is 12.0. The van der Waals surface area contributed by atoms with Crippen LogP contribution in [0.5, 0.6) is 0 Å². The molecule has 172 valence electrons. The molecule has 4 aliphatic carbocycles. The second-order valence-electron chi connectivity index (χ2n) is 10.9. The van der Waals surface area contributed by atoms with Crippen molar-refractivity contribution in [2.45, 2.75) is 75.4 Å². The van der Waals surface area contributed by atoms with Crippen LogP contribution in [0.1, 0.15) is 58.8 Å². The van der Waals surface area contributed by atoms with Crippen molar-refractivity contribution in [3.63, 3.8) is 0 Å². The molecule has 3 fully saturated rings. The summed E-state index contributed by atoms with van der Waals surface area (Å²) in [5.74, 6) is 0.270. The first-order valence-corrected chi connectivity index (χ1v) is 13.2. The zero-order chi connectivity index (χ0) is 22.7. The van der Waals surface area contributed by atoms with Crippen LogP contribution >= 0.6 is 0 Å². The number of aliphatic hydroxyl groups is 2. The monoisotopic (exact) mass is 454 g/mol. The van der Waals surface area contributed by atoms with E-state index < -0.39 is 27.9 Å².